The average molecular weight is 292 g/mol. The first kappa shape index (κ1) is 13.9. The van der Waals surface area contributed by atoms with Crippen LogP contribution in [0.2, 0.25) is 0 Å². The number of carbonyl (C=O) groups is 1. The lowest BCUT2D eigenvalue weighted by atomic mass is 10.1. The Balaban J connectivity index is 2.44. The van der Waals surface area contributed by atoms with Crippen molar-refractivity contribution < 1.29 is 9.90 Å². The number of allylic oxidation sites excluding steroid dienone is 1. The van der Waals surface area contributed by atoms with Crippen LogP contribution in [0.1, 0.15) is 23.0 Å². The standard InChI is InChI=1S/C18H16N2O2/c1-2-5-16-17(18(19)22)14-6-3-4-7-15(14)20(16)12-8-10-13(21)11-9-12/h2-11,21H,1H3,(H2,19,22). The number of amides is 1. The van der Waals surface area contributed by atoms with E-state index >= 15 is 0 Å². The summed E-state index contributed by atoms with van der Waals surface area (Å²) in [5.41, 5.74) is 8.59. The fourth-order valence-corrected chi connectivity index (χ4v) is 2.71. The maximum Gasteiger partial charge on any atom is 0.251 e. The molecule has 1 heterocycles. The van der Waals surface area contributed by atoms with Crippen LogP contribution in [0.4, 0.5) is 0 Å². The Morgan fingerprint density at radius 1 is 1.14 bits per heavy atom. The van der Waals surface area contributed by atoms with Crippen LogP contribution in [-0.2, 0) is 0 Å². The molecule has 0 aliphatic heterocycles. The Kier molecular flexibility index (Phi) is 3.43. The topological polar surface area (TPSA) is 68.2 Å². The molecular formula is C18H16N2O2. The molecule has 0 atom stereocenters. The van der Waals surface area contributed by atoms with E-state index in [0.29, 0.717) is 5.56 Å². The van der Waals surface area contributed by atoms with Crippen molar-refractivity contribution in [1.82, 2.24) is 4.57 Å². The van der Waals surface area contributed by atoms with Gasteiger partial charge in [0.25, 0.3) is 5.91 Å². The smallest absolute Gasteiger partial charge is 0.251 e. The highest BCUT2D eigenvalue weighted by Gasteiger charge is 2.19. The molecule has 3 aromatic rings. The van der Waals surface area contributed by atoms with Gasteiger partial charge < -0.3 is 15.4 Å². The second-order valence-electron chi connectivity index (χ2n) is 4.99. The third-order valence-electron chi connectivity index (χ3n) is 3.59. The highest BCUT2D eigenvalue weighted by atomic mass is 16.3. The third-order valence-corrected chi connectivity index (χ3v) is 3.59. The Bertz CT molecular complexity index is 874. The van der Waals surface area contributed by atoms with Crippen molar-refractivity contribution in [3.8, 4) is 11.4 Å². The number of aromatic nitrogens is 1. The van der Waals surface area contributed by atoms with Crippen molar-refractivity contribution in [2.45, 2.75) is 6.92 Å². The van der Waals surface area contributed by atoms with Crippen molar-refractivity contribution in [2.24, 2.45) is 5.73 Å². The first-order valence-corrected chi connectivity index (χ1v) is 6.99. The lowest BCUT2D eigenvalue weighted by Gasteiger charge is -2.09. The zero-order chi connectivity index (χ0) is 15.7. The molecule has 0 aliphatic rings. The third kappa shape index (κ3) is 2.15. The molecule has 0 saturated carbocycles. The molecule has 4 nitrogen and oxygen atoms in total. The lowest BCUT2D eigenvalue weighted by Crippen LogP contribution is -2.12. The van der Waals surface area contributed by atoms with E-state index in [1.54, 1.807) is 24.3 Å². The second-order valence-corrected chi connectivity index (χ2v) is 4.99. The van der Waals surface area contributed by atoms with Crippen LogP contribution in [0.3, 0.4) is 0 Å². The molecule has 0 aliphatic carbocycles. The summed E-state index contributed by atoms with van der Waals surface area (Å²) in [4.78, 5) is 11.9. The van der Waals surface area contributed by atoms with Gasteiger partial charge in [-0.25, -0.2) is 0 Å². The number of carbonyl (C=O) groups excluding carboxylic acids is 1. The number of hydrogen-bond acceptors (Lipinski definition) is 2. The van der Waals surface area contributed by atoms with E-state index in [1.165, 1.54) is 0 Å². The molecule has 0 bridgehead atoms. The Hall–Kier alpha value is -3.01. The Morgan fingerprint density at radius 3 is 2.45 bits per heavy atom. The minimum Gasteiger partial charge on any atom is -0.508 e. The largest absolute Gasteiger partial charge is 0.508 e. The fraction of sp³-hybridized carbons (Fsp3) is 0.0556. The number of phenolic OH excluding ortho intramolecular Hbond substituents is 1. The van der Waals surface area contributed by atoms with Crippen molar-refractivity contribution in [1.29, 1.82) is 0 Å². The molecule has 2 aromatic carbocycles. The molecule has 0 spiro atoms. The van der Waals surface area contributed by atoms with E-state index < -0.39 is 5.91 Å². The van der Waals surface area contributed by atoms with Crippen LogP contribution >= 0.6 is 0 Å². The van der Waals surface area contributed by atoms with Gasteiger partial charge in [0.2, 0.25) is 0 Å². The summed E-state index contributed by atoms with van der Waals surface area (Å²) >= 11 is 0. The molecule has 110 valence electrons. The normalized spacial score (nSPS) is 11.3. The quantitative estimate of drug-likeness (QED) is 0.776. The van der Waals surface area contributed by atoms with E-state index in [1.807, 2.05) is 47.9 Å². The summed E-state index contributed by atoms with van der Waals surface area (Å²) < 4.78 is 1.97. The van der Waals surface area contributed by atoms with E-state index in [-0.39, 0.29) is 5.75 Å². The predicted molar refractivity (Wildman–Crippen MR) is 88.2 cm³/mol. The van der Waals surface area contributed by atoms with Crippen molar-refractivity contribution in [2.75, 3.05) is 0 Å². The number of para-hydroxylation sites is 1. The summed E-state index contributed by atoms with van der Waals surface area (Å²) in [5.74, 6) is -0.259. The molecule has 0 radical (unpaired) electrons. The molecule has 22 heavy (non-hydrogen) atoms. The first-order chi connectivity index (χ1) is 10.6. The van der Waals surface area contributed by atoms with Gasteiger partial charge in [-0.3, -0.25) is 4.79 Å². The monoisotopic (exact) mass is 292 g/mol. The number of fused-ring (bicyclic) bond motifs is 1. The Morgan fingerprint density at radius 2 is 1.82 bits per heavy atom. The number of phenols is 1. The molecule has 3 rings (SSSR count). The number of benzene rings is 2. The highest BCUT2D eigenvalue weighted by Crippen LogP contribution is 2.30. The van der Waals surface area contributed by atoms with Crippen LogP contribution in [0.15, 0.2) is 54.6 Å². The minimum absolute atomic E-state index is 0.197. The number of rotatable bonds is 3. The van der Waals surface area contributed by atoms with Gasteiger partial charge in [0.05, 0.1) is 16.8 Å². The van der Waals surface area contributed by atoms with E-state index in [9.17, 15) is 9.90 Å². The van der Waals surface area contributed by atoms with Crippen molar-refractivity contribution in [3.05, 3.63) is 65.9 Å². The van der Waals surface area contributed by atoms with Gasteiger partial charge in [0, 0.05) is 11.1 Å². The summed E-state index contributed by atoms with van der Waals surface area (Å²) in [6.45, 7) is 1.89. The summed E-state index contributed by atoms with van der Waals surface area (Å²) in [5, 5.41) is 10.3. The number of primary amides is 1. The number of aromatic hydroxyl groups is 1. The van der Waals surface area contributed by atoms with E-state index in [4.69, 9.17) is 5.73 Å². The SMILES string of the molecule is CC=Cc1c(C(N)=O)c2ccccc2n1-c1ccc(O)cc1. The van der Waals surface area contributed by atoms with Gasteiger partial charge in [-0.15, -0.1) is 0 Å². The van der Waals surface area contributed by atoms with Gasteiger partial charge in [0.15, 0.2) is 0 Å². The van der Waals surface area contributed by atoms with E-state index in [2.05, 4.69) is 0 Å². The van der Waals surface area contributed by atoms with Crippen molar-refractivity contribution >= 4 is 22.9 Å². The molecule has 3 N–H and O–H groups in total. The molecular weight excluding hydrogens is 276 g/mol. The van der Waals surface area contributed by atoms with Gasteiger partial charge in [-0.05, 0) is 43.3 Å². The molecule has 4 heteroatoms. The average Bonchev–Trinajstić information content (AvgIpc) is 2.83. The van der Waals surface area contributed by atoms with Gasteiger partial charge in [0.1, 0.15) is 5.75 Å². The lowest BCUT2D eigenvalue weighted by molar-refractivity contribution is 0.100. The predicted octanol–water partition coefficient (Wildman–Crippen LogP) is 3.47. The molecule has 0 fully saturated rings. The van der Waals surface area contributed by atoms with Crippen LogP contribution in [0, 0.1) is 0 Å². The van der Waals surface area contributed by atoms with Gasteiger partial charge in [-0.2, -0.15) is 0 Å². The summed E-state index contributed by atoms with van der Waals surface area (Å²) in [6, 6.07) is 14.5. The zero-order valence-corrected chi connectivity index (χ0v) is 12.2. The molecule has 0 saturated heterocycles. The van der Waals surface area contributed by atoms with Crippen molar-refractivity contribution in [3.63, 3.8) is 0 Å². The highest BCUT2D eigenvalue weighted by molar-refractivity contribution is 6.10. The van der Waals surface area contributed by atoms with Crippen LogP contribution in [0.25, 0.3) is 22.7 Å². The minimum atomic E-state index is -0.457. The first-order valence-electron chi connectivity index (χ1n) is 6.99. The van der Waals surface area contributed by atoms with Crippen LogP contribution in [-0.4, -0.2) is 15.6 Å². The van der Waals surface area contributed by atoms with E-state index in [0.717, 1.165) is 22.3 Å². The maximum atomic E-state index is 11.9. The molecule has 1 amide bonds. The summed E-state index contributed by atoms with van der Waals surface area (Å²) in [7, 11) is 0. The van der Waals surface area contributed by atoms with Crippen LogP contribution in [0.5, 0.6) is 5.75 Å². The Labute approximate surface area is 128 Å². The number of hydrogen-bond donors (Lipinski definition) is 2. The zero-order valence-electron chi connectivity index (χ0n) is 12.2. The second kappa shape index (κ2) is 5.41. The van der Waals surface area contributed by atoms with Gasteiger partial charge >= 0.3 is 0 Å². The fourth-order valence-electron chi connectivity index (χ4n) is 2.71. The number of nitrogens with zero attached hydrogens (tertiary/aromatic N) is 1. The summed E-state index contributed by atoms with van der Waals surface area (Å²) in [6.07, 6.45) is 3.74. The maximum absolute atomic E-state index is 11.9. The van der Waals surface area contributed by atoms with Crippen LogP contribution < -0.4 is 5.73 Å². The molecule has 1 aromatic heterocycles. The molecule has 0 unspecified atom stereocenters. The van der Waals surface area contributed by atoms with Gasteiger partial charge in [-0.1, -0.05) is 24.3 Å². The number of nitrogens with two attached hydrogens (primary N) is 1.